The number of para-hydroxylation sites is 2. The van der Waals surface area contributed by atoms with Crippen molar-refractivity contribution in [3.8, 4) is 0 Å². The fourth-order valence-corrected chi connectivity index (χ4v) is 2.16. The molecule has 3 rings (SSSR count). The quantitative estimate of drug-likeness (QED) is 0.728. The van der Waals surface area contributed by atoms with Crippen molar-refractivity contribution in [2.45, 2.75) is 6.42 Å². The first-order chi connectivity index (χ1) is 9.63. The van der Waals surface area contributed by atoms with E-state index in [1.54, 1.807) is 42.5 Å². The first-order valence-electron chi connectivity index (χ1n) is 6.22. The molecule has 0 aromatic heterocycles. The van der Waals surface area contributed by atoms with Crippen LogP contribution in [0.25, 0.3) is 0 Å². The maximum atomic E-state index is 12.2. The van der Waals surface area contributed by atoms with Gasteiger partial charge in [0.25, 0.3) is 5.91 Å². The molecule has 0 spiro atoms. The van der Waals surface area contributed by atoms with E-state index in [0.29, 0.717) is 29.0 Å². The van der Waals surface area contributed by atoms with Crippen molar-refractivity contribution < 1.29 is 9.59 Å². The lowest BCUT2D eigenvalue weighted by Crippen LogP contribution is -2.13. The van der Waals surface area contributed by atoms with E-state index in [4.69, 9.17) is 5.73 Å². The number of amides is 2. The summed E-state index contributed by atoms with van der Waals surface area (Å²) in [5.74, 6) is -0.309. The summed E-state index contributed by atoms with van der Waals surface area (Å²) in [7, 11) is 0. The van der Waals surface area contributed by atoms with Gasteiger partial charge in [0.15, 0.2) is 0 Å². The van der Waals surface area contributed by atoms with Crippen molar-refractivity contribution in [3.63, 3.8) is 0 Å². The normalized spacial score (nSPS) is 12.7. The number of nitrogen functional groups attached to an aromatic ring is 1. The lowest BCUT2D eigenvalue weighted by molar-refractivity contribution is -0.115. The van der Waals surface area contributed by atoms with Crippen molar-refractivity contribution in [1.82, 2.24) is 0 Å². The van der Waals surface area contributed by atoms with Crippen LogP contribution < -0.4 is 16.4 Å². The van der Waals surface area contributed by atoms with Crippen LogP contribution in [0, 0.1) is 0 Å². The van der Waals surface area contributed by atoms with E-state index in [2.05, 4.69) is 10.6 Å². The molecule has 5 nitrogen and oxygen atoms in total. The molecule has 2 aromatic carbocycles. The third kappa shape index (κ3) is 2.21. The molecule has 0 unspecified atom stereocenters. The molecule has 0 aliphatic carbocycles. The standard InChI is InChI=1S/C15H13N3O2/c16-11-3-1-2-4-12(11)18-15(20)10-6-5-9-8-14(19)17-13(9)7-10/h1-7H,8,16H2,(H,17,19)(H,18,20). The van der Waals surface area contributed by atoms with Crippen LogP contribution in [0.4, 0.5) is 17.1 Å². The van der Waals surface area contributed by atoms with Crippen molar-refractivity contribution in [2.75, 3.05) is 16.4 Å². The summed E-state index contributed by atoms with van der Waals surface area (Å²) in [6, 6.07) is 12.2. The van der Waals surface area contributed by atoms with Gasteiger partial charge in [0.05, 0.1) is 17.8 Å². The molecule has 0 bridgehead atoms. The van der Waals surface area contributed by atoms with Gasteiger partial charge in [0.2, 0.25) is 5.91 Å². The summed E-state index contributed by atoms with van der Waals surface area (Å²) in [6.45, 7) is 0. The minimum Gasteiger partial charge on any atom is -0.397 e. The van der Waals surface area contributed by atoms with Crippen LogP contribution in [0.1, 0.15) is 15.9 Å². The van der Waals surface area contributed by atoms with Crippen molar-refractivity contribution in [2.24, 2.45) is 0 Å². The fourth-order valence-electron chi connectivity index (χ4n) is 2.16. The van der Waals surface area contributed by atoms with E-state index >= 15 is 0 Å². The number of anilines is 3. The van der Waals surface area contributed by atoms with Crippen molar-refractivity contribution >= 4 is 28.9 Å². The highest BCUT2D eigenvalue weighted by Crippen LogP contribution is 2.25. The number of hydrogen-bond acceptors (Lipinski definition) is 3. The Morgan fingerprint density at radius 2 is 2.00 bits per heavy atom. The van der Waals surface area contributed by atoms with Gasteiger partial charge < -0.3 is 16.4 Å². The number of fused-ring (bicyclic) bond motifs is 1. The van der Waals surface area contributed by atoms with Gasteiger partial charge >= 0.3 is 0 Å². The number of rotatable bonds is 2. The van der Waals surface area contributed by atoms with E-state index in [-0.39, 0.29) is 11.8 Å². The predicted molar refractivity (Wildman–Crippen MR) is 77.6 cm³/mol. The molecule has 0 fully saturated rings. The van der Waals surface area contributed by atoms with Gasteiger partial charge in [0, 0.05) is 11.3 Å². The predicted octanol–water partition coefficient (Wildman–Crippen LogP) is 2.02. The smallest absolute Gasteiger partial charge is 0.255 e. The van der Waals surface area contributed by atoms with E-state index in [1.807, 2.05) is 0 Å². The molecule has 100 valence electrons. The van der Waals surface area contributed by atoms with Gasteiger partial charge in [-0.3, -0.25) is 9.59 Å². The van der Waals surface area contributed by atoms with Crippen LogP contribution in [0.5, 0.6) is 0 Å². The Morgan fingerprint density at radius 3 is 2.80 bits per heavy atom. The monoisotopic (exact) mass is 267 g/mol. The molecule has 1 aliphatic heterocycles. The summed E-state index contributed by atoms with van der Waals surface area (Å²) < 4.78 is 0. The summed E-state index contributed by atoms with van der Waals surface area (Å²) in [4.78, 5) is 23.5. The van der Waals surface area contributed by atoms with Crippen molar-refractivity contribution in [1.29, 1.82) is 0 Å². The van der Waals surface area contributed by atoms with E-state index in [0.717, 1.165) is 5.56 Å². The van der Waals surface area contributed by atoms with Gasteiger partial charge in [-0.25, -0.2) is 0 Å². The Hall–Kier alpha value is -2.82. The number of carbonyl (C=O) groups is 2. The molecular weight excluding hydrogens is 254 g/mol. The van der Waals surface area contributed by atoms with Gasteiger partial charge in [-0.1, -0.05) is 18.2 Å². The third-order valence-corrected chi connectivity index (χ3v) is 3.21. The van der Waals surface area contributed by atoms with E-state index in [9.17, 15) is 9.59 Å². The zero-order valence-electron chi connectivity index (χ0n) is 10.6. The van der Waals surface area contributed by atoms with Gasteiger partial charge in [-0.2, -0.15) is 0 Å². The first-order valence-corrected chi connectivity index (χ1v) is 6.22. The lowest BCUT2D eigenvalue weighted by Gasteiger charge is -2.08. The van der Waals surface area contributed by atoms with E-state index < -0.39 is 0 Å². The Balaban J connectivity index is 1.84. The number of carbonyl (C=O) groups excluding carboxylic acids is 2. The highest BCUT2D eigenvalue weighted by Gasteiger charge is 2.19. The summed E-state index contributed by atoms with van der Waals surface area (Å²) in [5.41, 5.74) is 8.95. The topological polar surface area (TPSA) is 84.2 Å². The fraction of sp³-hybridized carbons (Fsp3) is 0.0667. The lowest BCUT2D eigenvalue weighted by atomic mass is 10.1. The summed E-state index contributed by atoms with van der Waals surface area (Å²) >= 11 is 0. The van der Waals surface area contributed by atoms with Crippen LogP contribution >= 0.6 is 0 Å². The molecule has 0 saturated carbocycles. The Morgan fingerprint density at radius 1 is 1.20 bits per heavy atom. The SMILES string of the molecule is Nc1ccccc1NC(=O)c1ccc2c(c1)NC(=O)C2. The molecule has 5 heteroatoms. The maximum Gasteiger partial charge on any atom is 0.255 e. The van der Waals surface area contributed by atoms with Crippen LogP contribution in [0.15, 0.2) is 42.5 Å². The van der Waals surface area contributed by atoms with Gasteiger partial charge in [-0.05, 0) is 29.8 Å². The third-order valence-electron chi connectivity index (χ3n) is 3.21. The number of benzene rings is 2. The molecule has 20 heavy (non-hydrogen) atoms. The molecule has 0 atom stereocenters. The Labute approximate surface area is 115 Å². The molecule has 2 aromatic rings. The molecule has 1 aliphatic rings. The second-order valence-electron chi connectivity index (χ2n) is 4.64. The second kappa shape index (κ2) is 4.70. The highest BCUT2D eigenvalue weighted by atomic mass is 16.2. The number of nitrogens with two attached hydrogens (primary N) is 1. The molecule has 4 N–H and O–H groups in total. The number of hydrogen-bond donors (Lipinski definition) is 3. The number of nitrogens with one attached hydrogen (secondary N) is 2. The van der Waals surface area contributed by atoms with Gasteiger partial charge in [0.1, 0.15) is 0 Å². The highest BCUT2D eigenvalue weighted by molar-refractivity contribution is 6.08. The summed E-state index contributed by atoms with van der Waals surface area (Å²) in [6.07, 6.45) is 0.364. The van der Waals surface area contributed by atoms with Crippen LogP contribution in [0.3, 0.4) is 0 Å². The second-order valence-corrected chi connectivity index (χ2v) is 4.64. The minimum absolute atomic E-state index is 0.0511. The van der Waals surface area contributed by atoms with Crippen LogP contribution in [-0.2, 0) is 11.2 Å². The zero-order chi connectivity index (χ0) is 14.1. The van der Waals surface area contributed by atoms with E-state index in [1.165, 1.54) is 0 Å². The molecule has 2 amide bonds. The summed E-state index contributed by atoms with van der Waals surface area (Å²) in [5, 5.41) is 5.48. The molecular formula is C15H13N3O2. The zero-order valence-corrected chi connectivity index (χ0v) is 10.6. The molecule has 0 saturated heterocycles. The first kappa shape index (κ1) is 12.2. The largest absolute Gasteiger partial charge is 0.397 e. The van der Waals surface area contributed by atoms with Crippen LogP contribution in [0.2, 0.25) is 0 Å². The minimum atomic E-state index is -0.258. The van der Waals surface area contributed by atoms with Gasteiger partial charge in [-0.15, -0.1) is 0 Å². The average molecular weight is 267 g/mol. The van der Waals surface area contributed by atoms with Crippen LogP contribution in [-0.4, -0.2) is 11.8 Å². The average Bonchev–Trinajstić information content (AvgIpc) is 2.80. The Kier molecular flexibility index (Phi) is 2.87. The molecule has 1 heterocycles. The van der Waals surface area contributed by atoms with Crippen molar-refractivity contribution in [3.05, 3.63) is 53.6 Å². The Bertz CT molecular complexity index is 710. The maximum absolute atomic E-state index is 12.2. The molecule has 0 radical (unpaired) electrons.